The molecule has 3 rings (SSSR count). The molecule has 1 spiro atoms. The smallest absolute Gasteiger partial charge is 0.353 e. The van der Waals surface area contributed by atoms with Gasteiger partial charge >= 0.3 is 5.97 Å². The van der Waals surface area contributed by atoms with Gasteiger partial charge in [-0.15, -0.1) is 0 Å². The Balaban J connectivity index is 1.84. The van der Waals surface area contributed by atoms with Crippen LogP contribution in [0.3, 0.4) is 0 Å². The van der Waals surface area contributed by atoms with Crippen LogP contribution in [0.25, 0.3) is 0 Å². The van der Waals surface area contributed by atoms with E-state index in [1.54, 1.807) is 0 Å². The van der Waals surface area contributed by atoms with Crippen molar-refractivity contribution in [3.63, 3.8) is 0 Å². The molecule has 17 heavy (non-hydrogen) atoms. The summed E-state index contributed by atoms with van der Waals surface area (Å²) in [7, 11) is 0. The average Bonchev–Trinajstić information content (AvgIpc) is 2.90. The summed E-state index contributed by atoms with van der Waals surface area (Å²) in [6, 6.07) is 8.04. The van der Waals surface area contributed by atoms with Crippen molar-refractivity contribution in [2.45, 2.75) is 25.4 Å². The van der Waals surface area contributed by atoms with Gasteiger partial charge in [-0.25, -0.2) is 4.79 Å². The molecule has 0 saturated carbocycles. The molecule has 2 aliphatic rings. The van der Waals surface area contributed by atoms with Crippen molar-refractivity contribution in [2.24, 2.45) is 5.16 Å². The van der Waals surface area contributed by atoms with Gasteiger partial charge in [0.2, 0.25) is 5.60 Å². The first-order valence-electron chi connectivity index (χ1n) is 5.69. The fraction of sp³-hybridized carbons (Fsp3) is 0.385. The van der Waals surface area contributed by atoms with E-state index in [2.05, 4.69) is 5.16 Å². The molecule has 88 valence electrons. The zero-order valence-electron chi connectivity index (χ0n) is 9.60. The number of benzene rings is 1. The van der Waals surface area contributed by atoms with Crippen LogP contribution in [0.2, 0.25) is 0 Å². The van der Waals surface area contributed by atoms with E-state index in [0.717, 1.165) is 11.3 Å². The highest BCUT2D eigenvalue weighted by atomic mass is 16.7. The van der Waals surface area contributed by atoms with Crippen molar-refractivity contribution < 1.29 is 14.4 Å². The Morgan fingerprint density at radius 3 is 2.71 bits per heavy atom. The maximum Gasteiger partial charge on any atom is 0.353 e. The molecular formula is C13H13NO3. The summed E-state index contributed by atoms with van der Waals surface area (Å²) < 4.78 is 4.96. The molecule has 2 heterocycles. The Morgan fingerprint density at radius 2 is 2.06 bits per heavy atom. The van der Waals surface area contributed by atoms with Gasteiger partial charge in [-0.3, -0.25) is 0 Å². The number of cyclic esters (lactones) is 1. The maximum absolute atomic E-state index is 11.6. The van der Waals surface area contributed by atoms with Crippen LogP contribution in [0, 0.1) is 6.92 Å². The lowest BCUT2D eigenvalue weighted by Gasteiger charge is -2.14. The third-order valence-electron chi connectivity index (χ3n) is 3.28. The van der Waals surface area contributed by atoms with Crippen LogP contribution in [-0.4, -0.2) is 23.9 Å². The van der Waals surface area contributed by atoms with E-state index < -0.39 is 5.60 Å². The fourth-order valence-electron chi connectivity index (χ4n) is 2.16. The van der Waals surface area contributed by atoms with Gasteiger partial charge in [-0.05, 0) is 12.5 Å². The van der Waals surface area contributed by atoms with Crippen LogP contribution < -0.4 is 0 Å². The van der Waals surface area contributed by atoms with E-state index in [-0.39, 0.29) is 5.97 Å². The summed E-state index contributed by atoms with van der Waals surface area (Å²) in [6.45, 7) is 2.46. The quantitative estimate of drug-likeness (QED) is 0.692. The first kappa shape index (κ1) is 10.3. The molecule has 1 aromatic carbocycles. The summed E-state index contributed by atoms with van der Waals surface area (Å²) in [6.07, 6.45) is 1.10. The van der Waals surface area contributed by atoms with Gasteiger partial charge in [-0.1, -0.05) is 35.0 Å². The largest absolute Gasteiger partial charge is 0.462 e. The van der Waals surface area contributed by atoms with Crippen LogP contribution in [0.15, 0.2) is 29.4 Å². The van der Waals surface area contributed by atoms with Crippen LogP contribution in [0.5, 0.6) is 0 Å². The number of hydrogen-bond acceptors (Lipinski definition) is 4. The minimum atomic E-state index is -0.847. The van der Waals surface area contributed by atoms with Crippen LogP contribution >= 0.6 is 0 Å². The lowest BCUT2D eigenvalue weighted by atomic mass is 9.93. The molecule has 4 nitrogen and oxygen atoms in total. The second kappa shape index (κ2) is 3.58. The van der Waals surface area contributed by atoms with Crippen molar-refractivity contribution in [3.8, 4) is 0 Å². The van der Waals surface area contributed by atoms with Gasteiger partial charge in [0.15, 0.2) is 0 Å². The number of nitrogens with zero attached hydrogens (tertiary/aromatic N) is 1. The standard InChI is InChI=1S/C13H13NO3/c1-9-2-4-10(5-3-9)11-8-13(17-14-11)6-7-16-12(13)15/h2-5H,6-8H2,1H3. The molecule has 0 amide bonds. The number of ether oxygens (including phenoxy) is 1. The molecular weight excluding hydrogens is 218 g/mol. The Kier molecular flexibility index (Phi) is 2.18. The number of rotatable bonds is 1. The highest BCUT2D eigenvalue weighted by molar-refractivity contribution is 6.05. The summed E-state index contributed by atoms with van der Waals surface area (Å²) >= 11 is 0. The van der Waals surface area contributed by atoms with Crippen molar-refractivity contribution in [1.29, 1.82) is 0 Å². The van der Waals surface area contributed by atoms with Gasteiger partial charge in [-0.2, -0.15) is 0 Å². The monoisotopic (exact) mass is 231 g/mol. The first-order chi connectivity index (χ1) is 8.20. The van der Waals surface area contributed by atoms with Gasteiger partial charge in [0.05, 0.1) is 12.3 Å². The second-order valence-electron chi connectivity index (χ2n) is 4.55. The maximum atomic E-state index is 11.6. The van der Waals surface area contributed by atoms with E-state index in [4.69, 9.17) is 9.57 Å². The molecule has 0 aromatic heterocycles. The van der Waals surface area contributed by atoms with Crippen molar-refractivity contribution >= 4 is 11.7 Å². The Hall–Kier alpha value is -1.84. The van der Waals surface area contributed by atoms with Crippen molar-refractivity contribution in [3.05, 3.63) is 35.4 Å². The Morgan fingerprint density at radius 1 is 1.29 bits per heavy atom. The van der Waals surface area contributed by atoms with E-state index in [1.807, 2.05) is 31.2 Å². The zero-order chi connectivity index (χ0) is 11.9. The number of esters is 1. The molecule has 0 bridgehead atoms. The normalized spacial score (nSPS) is 26.9. The predicted molar refractivity (Wildman–Crippen MR) is 61.7 cm³/mol. The summed E-state index contributed by atoms with van der Waals surface area (Å²) in [5.74, 6) is -0.289. The third-order valence-corrected chi connectivity index (χ3v) is 3.28. The number of carbonyl (C=O) groups is 1. The Bertz CT molecular complexity index is 492. The van der Waals surface area contributed by atoms with Crippen molar-refractivity contribution in [2.75, 3.05) is 6.61 Å². The van der Waals surface area contributed by atoms with Crippen LogP contribution in [-0.2, 0) is 14.4 Å². The van der Waals surface area contributed by atoms with Gasteiger partial charge in [0.1, 0.15) is 0 Å². The highest BCUT2D eigenvalue weighted by Crippen LogP contribution is 2.35. The molecule has 0 aliphatic carbocycles. The third kappa shape index (κ3) is 1.60. The van der Waals surface area contributed by atoms with Crippen LogP contribution in [0.4, 0.5) is 0 Å². The molecule has 0 N–H and O–H groups in total. The van der Waals surface area contributed by atoms with Gasteiger partial charge < -0.3 is 9.57 Å². The number of oxime groups is 1. The number of carbonyl (C=O) groups excluding carboxylic acids is 1. The number of aryl methyl sites for hydroxylation is 1. The minimum Gasteiger partial charge on any atom is -0.462 e. The van der Waals surface area contributed by atoms with Gasteiger partial charge in [0.25, 0.3) is 0 Å². The predicted octanol–water partition coefficient (Wildman–Crippen LogP) is 1.81. The molecule has 2 aliphatic heterocycles. The highest BCUT2D eigenvalue weighted by Gasteiger charge is 2.51. The second-order valence-corrected chi connectivity index (χ2v) is 4.55. The van der Waals surface area contributed by atoms with E-state index in [9.17, 15) is 4.79 Å². The summed E-state index contributed by atoms with van der Waals surface area (Å²) in [5.41, 5.74) is 2.18. The number of hydrogen-bond donors (Lipinski definition) is 0. The summed E-state index contributed by atoms with van der Waals surface area (Å²) in [5, 5.41) is 4.04. The lowest BCUT2D eigenvalue weighted by Crippen LogP contribution is -2.34. The van der Waals surface area contributed by atoms with E-state index >= 15 is 0 Å². The van der Waals surface area contributed by atoms with E-state index in [1.165, 1.54) is 5.56 Å². The molecule has 0 radical (unpaired) electrons. The fourth-order valence-corrected chi connectivity index (χ4v) is 2.16. The molecule has 4 heteroatoms. The topological polar surface area (TPSA) is 47.9 Å². The SMILES string of the molecule is Cc1ccc(C2=NOC3(CCOC3=O)C2)cc1. The zero-order valence-corrected chi connectivity index (χ0v) is 9.60. The first-order valence-corrected chi connectivity index (χ1v) is 5.69. The molecule has 1 saturated heterocycles. The summed E-state index contributed by atoms with van der Waals surface area (Å²) in [4.78, 5) is 16.9. The lowest BCUT2D eigenvalue weighted by molar-refractivity contribution is -0.155. The molecule has 1 aromatic rings. The molecule has 1 unspecified atom stereocenters. The Labute approximate surface area is 99.2 Å². The van der Waals surface area contributed by atoms with Crippen LogP contribution in [0.1, 0.15) is 24.0 Å². The van der Waals surface area contributed by atoms with Gasteiger partial charge in [0, 0.05) is 12.8 Å². The van der Waals surface area contributed by atoms with E-state index in [0.29, 0.717) is 19.4 Å². The molecule has 1 fully saturated rings. The minimum absolute atomic E-state index is 0.289. The molecule has 1 atom stereocenters. The van der Waals surface area contributed by atoms with Crippen molar-refractivity contribution in [1.82, 2.24) is 0 Å². The average molecular weight is 231 g/mol.